The number of amides is 1. The maximum atomic E-state index is 11.6. The van der Waals surface area contributed by atoms with Gasteiger partial charge in [0.25, 0.3) is 5.91 Å². The molecule has 3 rings (SSSR count). The summed E-state index contributed by atoms with van der Waals surface area (Å²) in [6.45, 7) is 0.676. The summed E-state index contributed by atoms with van der Waals surface area (Å²) in [6, 6.07) is 0. The van der Waals surface area contributed by atoms with Crippen LogP contribution in [-0.2, 0) is 11.3 Å². The predicted octanol–water partition coefficient (Wildman–Crippen LogP) is 2.18. The van der Waals surface area contributed by atoms with E-state index >= 15 is 0 Å². The summed E-state index contributed by atoms with van der Waals surface area (Å²) in [6.07, 6.45) is 7.08. The zero-order valence-corrected chi connectivity index (χ0v) is 8.36. The van der Waals surface area contributed by atoms with Crippen molar-refractivity contribution < 1.29 is 4.79 Å². The van der Waals surface area contributed by atoms with E-state index in [2.05, 4.69) is 22.8 Å². The second-order valence-corrected chi connectivity index (χ2v) is 4.35. The van der Waals surface area contributed by atoms with Gasteiger partial charge in [-0.25, -0.2) is 0 Å². The fourth-order valence-electron chi connectivity index (χ4n) is 1.91. The third-order valence-corrected chi connectivity index (χ3v) is 3.57. The van der Waals surface area contributed by atoms with E-state index in [1.54, 1.807) is 11.3 Å². The number of thiophene rings is 1. The van der Waals surface area contributed by atoms with E-state index in [0.717, 1.165) is 17.6 Å². The molecule has 0 fully saturated rings. The Morgan fingerprint density at radius 1 is 1.43 bits per heavy atom. The van der Waals surface area contributed by atoms with E-state index in [9.17, 15) is 4.79 Å². The molecule has 2 nitrogen and oxygen atoms in total. The number of hydrogen-bond acceptors (Lipinski definition) is 2. The van der Waals surface area contributed by atoms with Crippen LogP contribution in [0.15, 0.2) is 17.5 Å². The van der Waals surface area contributed by atoms with Gasteiger partial charge in [-0.2, -0.15) is 0 Å². The molecular formula is C11H9NOS. The first-order valence-electron chi connectivity index (χ1n) is 4.62. The van der Waals surface area contributed by atoms with Gasteiger partial charge in [0.2, 0.25) is 0 Å². The Morgan fingerprint density at radius 2 is 2.36 bits per heavy atom. The molecule has 3 heteroatoms. The number of nitrogens with one attached hydrogen (secondary N) is 1. The Morgan fingerprint density at radius 3 is 3.29 bits per heavy atom. The van der Waals surface area contributed by atoms with Gasteiger partial charge in [-0.1, -0.05) is 12.2 Å². The molecule has 2 heterocycles. The average molecular weight is 203 g/mol. The molecule has 0 saturated carbocycles. The summed E-state index contributed by atoms with van der Waals surface area (Å²) in [4.78, 5) is 12.8. The van der Waals surface area contributed by atoms with Gasteiger partial charge in [0, 0.05) is 22.6 Å². The molecule has 0 bridgehead atoms. The van der Waals surface area contributed by atoms with Crippen molar-refractivity contribution in [2.24, 2.45) is 0 Å². The van der Waals surface area contributed by atoms with Crippen LogP contribution in [0.4, 0.5) is 0 Å². The lowest BCUT2D eigenvalue weighted by atomic mass is 9.98. The van der Waals surface area contributed by atoms with Crippen molar-refractivity contribution in [3.63, 3.8) is 0 Å². The number of rotatable bonds is 0. The topological polar surface area (TPSA) is 29.1 Å². The largest absolute Gasteiger partial charge is 0.348 e. The maximum Gasteiger partial charge on any atom is 0.251 e. The van der Waals surface area contributed by atoms with Crippen LogP contribution in [0.1, 0.15) is 22.4 Å². The quantitative estimate of drug-likeness (QED) is 0.688. The van der Waals surface area contributed by atoms with Gasteiger partial charge in [0.1, 0.15) is 0 Å². The van der Waals surface area contributed by atoms with Crippen LogP contribution in [0.3, 0.4) is 0 Å². The molecule has 0 spiro atoms. The summed E-state index contributed by atoms with van der Waals surface area (Å²) >= 11 is 1.72. The van der Waals surface area contributed by atoms with Crippen molar-refractivity contribution in [2.75, 3.05) is 0 Å². The molecule has 0 atom stereocenters. The van der Waals surface area contributed by atoms with Crippen molar-refractivity contribution >= 4 is 28.9 Å². The van der Waals surface area contributed by atoms with Crippen molar-refractivity contribution in [1.82, 2.24) is 5.32 Å². The van der Waals surface area contributed by atoms with Crippen LogP contribution in [-0.4, -0.2) is 5.91 Å². The summed E-state index contributed by atoms with van der Waals surface area (Å²) in [5, 5.41) is 5.02. The Balaban J connectivity index is 2.30. The fraction of sp³-hybridized carbons (Fsp3) is 0.182. The van der Waals surface area contributed by atoms with Gasteiger partial charge >= 0.3 is 0 Å². The zero-order chi connectivity index (χ0) is 9.54. The highest BCUT2D eigenvalue weighted by Gasteiger charge is 2.24. The number of allylic oxidation sites excluding steroid dienone is 2. The maximum absolute atomic E-state index is 11.6. The summed E-state index contributed by atoms with van der Waals surface area (Å²) in [5.41, 5.74) is 3.27. The first-order chi connectivity index (χ1) is 6.86. The Bertz CT molecular complexity index is 468. The molecule has 0 radical (unpaired) electrons. The second-order valence-electron chi connectivity index (χ2n) is 3.44. The van der Waals surface area contributed by atoms with Crippen molar-refractivity contribution in [3.05, 3.63) is 33.5 Å². The molecule has 1 N–H and O–H groups in total. The lowest BCUT2D eigenvalue weighted by molar-refractivity contribution is -0.116. The van der Waals surface area contributed by atoms with E-state index < -0.39 is 0 Å². The molecule has 0 aromatic carbocycles. The third-order valence-electron chi connectivity index (χ3n) is 2.58. The average Bonchev–Trinajstić information content (AvgIpc) is 2.46. The molecule has 70 valence electrons. The van der Waals surface area contributed by atoms with Crippen molar-refractivity contribution in [1.29, 1.82) is 0 Å². The molecule has 1 aromatic heterocycles. The lowest BCUT2D eigenvalue weighted by Gasteiger charge is -2.16. The van der Waals surface area contributed by atoms with Crippen molar-refractivity contribution in [3.8, 4) is 0 Å². The van der Waals surface area contributed by atoms with Gasteiger partial charge in [0.15, 0.2) is 0 Å². The van der Waals surface area contributed by atoms with E-state index in [1.165, 1.54) is 10.4 Å². The molecule has 1 amide bonds. The fourth-order valence-corrected chi connectivity index (χ4v) is 2.91. The van der Waals surface area contributed by atoms with Gasteiger partial charge < -0.3 is 5.32 Å². The van der Waals surface area contributed by atoms with Crippen LogP contribution in [0.25, 0.3) is 11.6 Å². The molecule has 0 unspecified atom stereocenters. The monoisotopic (exact) mass is 203 g/mol. The minimum Gasteiger partial charge on any atom is -0.348 e. The van der Waals surface area contributed by atoms with Crippen LogP contribution in [0, 0.1) is 0 Å². The second kappa shape index (κ2) is 2.82. The minimum atomic E-state index is 0.0702. The Hall–Kier alpha value is -1.35. The minimum absolute atomic E-state index is 0.0702. The van der Waals surface area contributed by atoms with Crippen LogP contribution >= 0.6 is 11.3 Å². The van der Waals surface area contributed by atoms with Gasteiger partial charge in [-0.3, -0.25) is 4.79 Å². The molecule has 1 aliphatic heterocycles. The molecule has 1 aromatic rings. The highest BCUT2D eigenvalue weighted by Crippen LogP contribution is 2.35. The Labute approximate surface area is 85.9 Å². The normalized spacial score (nSPS) is 18.3. The van der Waals surface area contributed by atoms with E-state index in [0.29, 0.717) is 6.54 Å². The number of carbonyl (C=O) groups is 1. The first-order valence-corrected chi connectivity index (χ1v) is 5.50. The molecule has 1 aliphatic carbocycles. The standard InChI is InChI=1S/C11H9NOS/c13-11-8-3-1-2-4-9-10(8)7(5-12-11)6-14-9/h2-4,6H,1,5H2,(H,12,13). The van der Waals surface area contributed by atoms with E-state index in [4.69, 9.17) is 0 Å². The number of hydrogen-bond donors (Lipinski definition) is 1. The van der Waals surface area contributed by atoms with Crippen LogP contribution in [0.2, 0.25) is 0 Å². The Kier molecular flexibility index (Phi) is 1.61. The molecule has 0 saturated heterocycles. The highest BCUT2D eigenvalue weighted by atomic mass is 32.1. The molecule has 14 heavy (non-hydrogen) atoms. The predicted molar refractivity (Wildman–Crippen MR) is 57.8 cm³/mol. The SMILES string of the molecule is O=C1NCc2csc3c2C1=CCC=C3. The number of carbonyl (C=O) groups excluding carboxylic acids is 1. The summed E-state index contributed by atoms with van der Waals surface area (Å²) < 4.78 is 0. The van der Waals surface area contributed by atoms with E-state index in [1.807, 2.05) is 6.08 Å². The summed E-state index contributed by atoms with van der Waals surface area (Å²) in [7, 11) is 0. The summed E-state index contributed by atoms with van der Waals surface area (Å²) in [5.74, 6) is 0.0702. The first kappa shape index (κ1) is 8.00. The molecule has 2 aliphatic rings. The van der Waals surface area contributed by atoms with Gasteiger partial charge in [-0.15, -0.1) is 11.3 Å². The van der Waals surface area contributed by atoms with E-state index in [-0.39, 0.29) is 5.91 Å². The van der Waals surface area contributed by atoms with Crippen molar-refractivity contribution in [2.45, 2.75) is 13.0 Å². The van der Waals surface area contributed by atoms with Crippen LogP contribution < -0.4 is 5.32 Å². The lowest BCUT2D eigenvalue weighted by Crippen LogP contribution is -2.28. The van der Waals surface area contributed by atoms with Crippen LogP contribution in [0.5, 0.6) is 0 Å². The van der Waals surface area contributed by atoms with Gasteiger partial charge in [0.05, 0.1) is 0 Å². The third kappa shape index (κ3) is 0.990. The smallest absolute Gasteiger partial charge is 0.251 e. The highest BCUT2D eigenvalue weighted by molar-refractivity contribution is 7.11. The van der Waals surface area contributed by atoms with Gasteiger partial charge in [-0.05, 0) is 23.4 Å². The molecular weight excluding hydrogens is 194 g/mol. The zero-order valence-electron chi connectivity index (χ0n) is 7.54.